The molecule has 0 aromatic rings. The average Bonchev–Trinajstić information content (AvgIpc) is 2.50. The van der Waals surface area contributed by atoms with E-state index in [-0.39, 0.29) is 11.8 Å². The molecule has 1 rings (SSSR count). The lowest BCUT2D eigenvalue weighted by atomic mass is 9.79. The van der Waals surface area contributed by atoms with E-state index in [1.165, 1.54) is 26.4 Å². The molecule has 5 nitrogen and oxygen atoms in total. The first-order valence-corrected chi connectivity index (χ1v) is 7.61. The molecule has 20 heavy (non-hydrogen) atoms. The van der Waals surface area contributed by atoms with Gasteiger partial charge in [-0.15, -0.1) is 0 Å². The molecule has 0 saturated heterocycles. The third kappa shape index (κ3) is 5.12. The maximum Gasteiger partial charge on any atom is 0.330 e. The van der Waals surface area contributed by atoms with Gasteiger partial charge in [0.2, 0.25) is 5.91 Å². The summed E-state index contributed by atoms with van der Waals surface area (Å²) in [6, 6.07) is -0.940. The molecule has 0 heterocycles. The Labute approximate surface area is 121 Å². The van der Waals surface area contributed by atoms with E-state index in [0.717, 1.165) is 31.6 Å². The summed E-state index contributed by atoms with van der Waals surface area (Å²) >= 11 is 0. The Morgan fingerprint density at radius 2 is 1.95 bits per heavy atom. The van der Waals surface area contributed by atoms with Crippen molar-refractivity contribution in [1.29, 1.82) is 0 Å². The van der Waals surface area contributed by atoms with E-state index in [4.69, 9.17) is 5.11 Å². The monoisotopic (exact) mass is 285 g/mol. The Morgan fingerprint density at radius 3 is 2.45 bits per heavy atom. The lowest BCUT2D eigenvalue weighted by Crippen LogP contribution is -2.46. The number of carbonyl (C=O) groups is 2. The average molecular weight is 285 g/mol. The molecule has 1 fully saturated rings. The highest BCUT2D eigenvalue weighted by Crippen LogP contribution is 2.31. The van der Waals surface area contributed by atoms with Crippen LogP contribution in [0.15, 0.2) is 0 Å². The van der Waals surface area contributed by atoms with E-state index in [1.807, 2.05) is 0 Å². The van der Waals surface area contributed by atoms with Gasteiger partial charge in [-0.25, -0.2) is 4.79 Å². The maximum absolute atomic E-state index is 12.1. The molecule has 0 aromatic heterocycles. The summed E-state index contributed by atoms with van der Waals surface area (Å²) in [5.41, 5.74) is 0. The first-order chi connectivity index (χ1) is 9.62. The quantitative estimate of drug-likeness (QED) is 0.697. The second kappa shape index (κ2) is 8.95. The Hall–Kier alpha value is -1.10. The summed E-state index contributed by atoms with van der Waals surface area (Å²) in [4.78, 5) is 23.4. The highest BCUT2D eigenvalue weighted by atomic mass is 16.5. The molecule has 1 aliphatic carbocycles. The third-order valence-electron chi connectivity index (χ3n) is 4.17. The zero-order chi connectivity index (χ0) is 15.0. The van der Waals surface area contributed by atoms with Crippen molar-refractivity contribution in [3.8, 4) is 0 Å². The molecule has 2 N–H and O–H groups in total. The van der Waals surface area contributed by atoms with E-state index < -0.39 is 18.6 Å². The minimum Gasteiger partial charge on any atom is -0.467 e. The first-order valence-electron chi connectivity index (χ1n) is 7.61. The molecule has 1 atom stereocenters. The summed E-state index contributed by atoms with van der Waals surface area (Å²) in [6.45, 7) is 1.77. The molecule has 1 unspecified atom stereocenters. The number of carbonyl (C=O) groups excluding carboxylic acids is 2. The SMILES string of the molecule is CCCCC1CCC(C(=O)NC(CO)C(=O)OC)CC1. The van der Waals surface area contributed by atoms with Gasteiger partial charge in [-0.1, -0.05) is 26.2 Å². The predicted octanol–water partition coefficient (Wildman–Crippen LogP) is 1.63. The molecule has 1 aliphatic rings. The van der Waals surface area contributed by atoms with E-state index in [9.17, 15) is 9.59 Å². The number of hydrogen-bond donors (Lipinski definition) is 2. The smallest absolute Gasteiger partial charge is 0.330 e. The molecule has 0 bridgehead atoms. The topological polar surface area (TPSA) is 75.6 Å². The number of amides is 1. The standard InChI is InChI=1S/C15H27NO4/c1-3-4-5-11-6-8-12(9-7-11)14(18)16-13(10-17)15(19)20-2/h11-13,17H,3-10H2,1-2H3,(H,16,18). The summed E-state index contributed by atoms with van der Waals surface area (Å²) in [5, 5.41) is 11.7. The molecule has 116 valence electrons. The molecule has 0 aliphatic heterocycles. The molecule has 0 aromatic carbocycles. The number of aliphatic hydroxyl groups is 1. The second-order valence-corrected chi connectivity index (χ2v) is 5.63. The number of methoxy groups -OCH3 is 1. The van der Waals surface area contributed by atoms with Gasteiger partial charge in [0.25, 0.3) is 0 Å². The zero-order valence-corrected chi connectivity index (χ0v) is 12.6. The minimum atomic E-state index is -0.940. The van der Waals surface area contributed by atoms with Crippen LogP contribution in [-0.2, 0) is 14.3 Å². The fourth-order valence-electron chi connectivity index (χ4n) is 2.82. The van der Waals surface area contributed by atoms with Crippen molar-refractivity contribution in [2.75, 3.05) is 13.7 Å². The van der Waals surface area contributed by atoms with Crippen LogP contribution < -0.4 is 5.32 Å². The van der Waals surface area contributed by atoms with Gasteiger partial charge in [0.05, 0.1) is 13.7 Å². The minimum absolute atomic E-state index is 0.0356. The molecule has 1 amide bonds. The van der Waals surface area contributed by atoms with Gasteiger partial charge < -0.3 is 15.2 Å². The normalized spacial score (nSPS) is 23.9. The van der Waals surface area contributed by atoms with Crippen molar-refractivity contribution in [1.82, 2.24) is 5.32 Å². The maximum atomic E-state index is 12.1. The van der Waals surface area contributed by atoms with Crippen LogP contribution in [0, 0.1) is 11.8 Å². The Balaban J connectivity index is 2.36. The number of nitrogens with one attached hydrogen (secondary N) is 1. The molecule has 5 heteroatoms. The predicted molar refractivity (Wildman–Crippen MR) is 76.0 cm³/mol. The second-order valence-electron chi connectivity index (χ2n) is 5.63. The molecule has 0 radical (unpaired) electrons. The summed E-state index contributed by atoms with van der Waals surface area (Å²) in [6.07, 6.45) is 7.65. The summed E-state index contributed by atoms with van der Waals surface area (Å²) < 4.78 is 4.54. The molecular formula is C15H27NO4. The summed E-state index contributed by atoms with van der Waals surface area (Å²) in [5.74, 6) is -0.0271. The first kappa shape index (κ1) is 17.0. The Morgan fingerprint density at radius 1 is 1.30 bits per heavy atom. The van der Waals surface area contributed by atoms with Crippen molar-refractivity contribution in [3.05, 3.63) is 0 Å². The van der Waals surface area contributed by atoms with Crippen LogP contribution >= 0.6 is 0 Å². The van der Waals surface area contributed by atoms with Crippen LogP contribution in [-0.4, -0.2) is 36.7 Å². The Bertz CT molecular complexity index is 311. The number of unbranched alkanes of at least 4 members (excludes halogenated alkanes) is 1. The van der Waals surface area contributed by atoms with Gasteiger partial charge in [0.1, 0.15) is 0 Å². The van der Waals surface area contributed by atoms with Gasteiger partial charge >= 0.3 is 5.97 Å². The largest absolute Gasteiger partial charge is 0.467 e. The van der Waals surface area contributed by atoms with Crippen molar-refractivity contribution in [2.24, 2.45) is 11.8 Å². The van der Waals surface area contributed by atoms with E-state index in [2.05, 4.69) is 17.0 Å². The van der Waals surface area contributed by atoms with Crippen molar-refractivity contribution >= 4 is 11.9 Å². The van der Waals surface area contributed by atoms with Gasteiger partial charge in [0.15, 0.2) is 6.04 Å². The molecular weight excluding hydrogens is 258 g/mol. The fourth-order valence-corrected chi connectivity index (χ4v) is 2.82. The van der Waals surface area contributed by atoms with Crippen molar-refractivity contribution in [2.45, 2.75) is 57.9 Å². The van der Waals surface area contributed by atoms with Gasteiger partial charge in [-0.05, 0) is 31.6 Å². The number of hydrogen-bond acceptors (Lipinski definition) is 4. The van der Waals surface area contributed by atoms with E-state index >= 15 is 0 Å². The van der Waals surface area contributed by atoms with Crippen molar-refractivity contribution in [3.63, 3.8) is 0 Å². The highest BCUT2D eigenvalue weighted by Gasteiger charge is 2.29. The van der Waals surface area contributed by atoms with Crippen LogP contribution in [0.3, 0.4) is 0 Å². The number of esters is 1. The van der Waals surface area contributed by atoms with E-state index in [1.54, 1.807) is 0 Å². The van der Waals surface area contributed by atoms with Crippen molar-refractivity contribution < 1.29 is 19.4 Å². The lowest BCUT2D eigenvalue weighted by molar-refractivity contribution is -0.147. The van der Waals surface area contributed by atoms with Crippen LogP contribution in [0.4, 0.5) is 0 Å². The van der Waals surface area contributed by atoms with Gasteiger partial charge in [-0.2, -0.15) is 0 Å². The molecule has 1 saturated carbocycles. The zero-order valence-electron chi connectivity index (χ0n) is 12.6. The number of aliphatic hydroxyl groups excluding tert-OH is 1. The Kier molecular flexibility index (Phi) is 7.59. The van der Waals surface area contributed by atoms with Crippen LogP contribution in [0.1, 0.15) is 51.9 Å². The highest BCUT2D eigenvalue weighted by molar-refractivity contribution is 5.85. The number of ether oxygens (including phenoxy) is 1. The lowest BCUT2D eigenvalue weighted by Gasteiger charge is -2.28. The van der Waals surface area contributed by atoms with Gasteiger partial charge in [-0.3, -0.25) is 4.79 Å². The van der Waals surface area contributed by atoms with Gasteiger partial charge in [0, 0.05) is 5.92 Å². The summed E-state index contributed by atoms with van der Waals surface area (Å²) in [7, 11) is 1.25. The van der Waals surface area contributed by atoms with E-state index in [0.29, 0.717) is 0 Å². The third-order valence-corrected chi connectivity index (χ3v) is 4.17. The molecule has 0 spiro atoms. The van der Waals surface area contributed by atoms with Crippen LogP contribution in [0.25, 0.3) is 0 Å². The van der Waals surface area contributed by atoms with Crippen LogP contribution in [0.2, 0.25) is 0 Å². The fraction of sp³-hybridized carbons (Fsp3) is 0.867. The number of rotatable bonds is 7. The van der Waals surface area contributed by atoms with Crippen LogP contribution in [0.5, 0.6) is 0 Å².